The zero-order chi connectivity index (χ0) is 24.6. The molecule has 0 unspecified atom stereocenters. The maximum Gasteiger partial charge on any atom is 0.253 e. The van der Waals surface area contributed by atoms with Gasteiger partial charge in [0, 0.05) is 43.4 Å². The number of ketones is 1. The first-order valence-corrected chi connectivity index (χ1v) is 11.9. The van der Waals surface area contributed by atoms with Crippen LogP contribution in [0.3, 0.4) is 0 Å². The van der Waals surface area contributed by atoms with Gasteiger partial charge in [0.05, 0.1) is 0 Å². The fourth-order valence-corrected chi connectivity index (χ4v) is 4.42. The number of nitrogens with zero attached hydrogens (tertiary/aromatic N) is 2. The van der Waals surface area contributed by atoms with Gasteiger partial charge in [0.15, 0.2) is 11.8 Å². The van der Waals surface area contributed by atoms with Crippen LogP contribution in [0.2, 0.25) is 0 Å². The molecule has 0 saturated carbocycles. The number of amides is 2. The minimum atomic E-state index is -1.28. The van der Waals surface area contributed by atoms with Crippen molar-refractivity contribution in [2.45, 2.75) is 25.3 Å². The summed E-state index contributed by atoms with van der Waals surface area (Å²) in [7, 11) is 0. The third-order valence-electron chi connectivity index (χ3n) is 6.40. The lowest BCUT2D eigenvalue weighted by Crippen LogP contribution is -2.48. The van der Waals surface area contributed by atoms with Crippen LogP contribution in [-0.2, 0) is 16.0 Å². The van der Waals surface area contributed by atoms with Gasteiger partial charge in [-0.05, 0) is 30.9 Å². The Morgan fingerprint density at radius 3 is 2.14 bits per heavy atom. The monoisotopic (exact) mass is 471 g/mol. The van der Waals surface area contributed by atoms with E-state index in [0.29, 0.717) is 38.0 Å². The summed E-state index contributed by atoms with van der Waals surface area (Å²) in [6.07, 6.45) is 3.26. The van der Waals surface area contributed by atoms with E-state index in [-0.39, 0.29) is 11.8 Å². The fourth-order valence-electron chi connectivity index (χ4n) is 4.42. The van der Waals surface area contributed by atoms with Crippen molar-refractivity contribution in [2.24, 2.45) is 5.92 Å². The third kappa shape index (κ3) is 5.93. The lowest BCUT2D eigenvalue weighted by molar-refractivity contribution is -0.137. The van der Waals surface area contributed by atoms with Gasteiger partial charge in [-0.2, -0.15) is 0 Å². The largest absolute Gasteiger partial charge is 0.356 e. The van der Waals surface area contributed by atoms with Crippen LogP contribution in [0, 0.1) is 5.92 Å². The number of nitrogens with one attached hydrogen (secondary N) is 1. The summed E-state index contributed by atoms with van der Waals surface area (Å²) < 4.78 is 1.19. The average Bonchev–Trinajstić information content (AvgIpc) is 2.91. The first kappa shape index (κ1) is 24.1. The van der Waals surface area contributed by atoms with Crippen molar-refractivity contribution < 1.29 is 14.4 Å². The van der Waals surface area contributed by atoms with Gasteiger partial charge >= 0.3 is 0 Å². The highest BCUT2D eigenvalue weighted by Gasteiger charge is 2.36. The van der Waals surface area contributed by atoms with Crippen LogP contribution < -0.4 is 10.9 Å². The van der Waals surface area contributed by atoms with Crippen LogP contribution >= 0.6 is 0 Å². The number of hydrogen-bond acceptors (Lipinski definition) is 4. The van der Waals surface area contributed by atoms with Gasteiger partial charge in [-0.3, -0.25) is 23.7 Å². The predicted octanol–water partition coefficient (Wildman–Crippen LogP) is 2.87. The van der Waals surface area contributed by atoms with Crippen molar-refractivity contribution in [3.05, 3.63) is 107 Å². The molecule has 1 aliphatic rings. The molecule has 7 heteroatoms. The summed E-state index contributed by atoms with van der Waals surface area (Å²) in [4.78, 5) is 53.6. The highest BCUT2D eigenvalue weighted by atomic mass is 16.2. The van der Waals surface area contributed by atoms with E-state index in [1.807, 2.05) is 30.3 Å². The Hall–Kier alpha value is -4.00. The van der Waals surface area contributed by atoms with Crippen LogP contribution in [0.25, 0.3) is 0 Å². The van der Waals surface area contributed by atoms with Crippen molar-refractivity contribution in [1.82, 2.24) is 14.8 Å². The Bertz CT molecular complexity index is 1220. The molecule has 4 rings (SSSR count). The van der Waals surface area contributed by atoms with Crippen LogP contribution in [0.4, 0.5) is 0 Å². The minimum absolute atomic E-state index is 0.00998. The fraction of sp³-hybridized carbons (Fsp3) is 0.286. The Morgan fingerprint density at radius 2 is 1.49 bits per heavy atom. The van der Waals surface area contributed by atoms with Gasteiger partial charge in [0.2, 0.25) is 5.91 Å². The van der Waals surface area contributed by atoms with Gasteiger partial charge in [0.1, 0.15) is 0 Å². The second kappa shape index (κ2) is 11.4. The van der Waals surface area contributed by atoms with E-state index in [9.17, 15) is 19.2 Å². The van der Waals surface area contributed by atoms with Crippen LogP contribution in [-0.4, -0.2) is 46.7 Å². The highest BCUT2D eigenvalue weighted by Crippen LogP contribution is 2.22. The van der Waals surface area contributed by atoms with Crippen LogP contribution in [0.5, 0.6) is 0 Å². The first-order valence-electron chi connectivity index (χ1n) is 11.9. The molecule has 2 amide bonds. The number of benzene rings is 2. The maximum absolute atomic E-state index is 13.5. The molecule has 0 radical (unpaired) electrons. The van der Waals surface area contributed by atoms with Gasteiger partial charge in [-0.25, -0.2) is 0 Å². The van der Waals surface area contributed by atoms with E-state index >= 15 is 0 Å². The maximum atomic E-state index is 13.5. The number of piperidine rings is 1. The summed E-state index contributed by atoms with van der Waals surface area (Å²) in [5.74, 6) is -1.04. The van der Waals surface area contributed by atoms with Crippen LogP contribution in [0.15, 0.2) is 89.9 Å². The second-order valence-corrected chi connectivity index (χ2v) is 8.71. The number of aromatic nitrogens is 1. The molecule has 1 saturated heterocycles. The minimum Gasteiger partial charge on any atom is -0.356 e. The zero-order valence-corrected chi connectivity index (χ0v) is 19.5. The quantitative estimate of drug-likeness (QED) is 0.404. The number of pyridine rings is 1. The summed E-state index contributed by atoms with van der Waals surface area (Å²) in [5, 5.41) is 3.00. The van der Waals surface area contributed by atoms with Crippen molar-refractivity contribution in [3.8, 4) is 0 Å². The SMILES string of the molecule is O=C(NCCc1ccccc1)C1CCN(C(=O)[C@@H](C(=O)c2ccccc2)n2ccccc2=O)CC1. The number of rotatable bonds is 8. The normalized spacial score (nSPS) is 14.8. The van der Waals surface area contributed by atoms with E-state index in [1.54, 1.807) is 47.4 Å². The first-order chi connectivity index (χ1) is 17.0. The van der Waals surface area contributed by atoms with Gasteiger partial charge in [-0.15, -0.1) is 0 Å². The topological polar surface area (TPSA) is 88.5 Å². The summed E-state index contributed by atoms with van der Waals surface area (Å²) in [6, 6.07) is 21.8. The molecule has 0 bridgehead atoms. The zero-order valence-electron chi connectivity index (χ0n) is 19.5. The number of carbonyl (C=O) groups is 3. The van der Waals surface area contributed by atoms with Crippen molar-refractivity contribution in [2.75, 3.05) is 19.6 Å². The standard InChI is InChI=1S/C28H29N3O4/c32-24-13-7-8-18-31(24)25(26(33)22-11-5-2-6-12-22)28(35)30-19-15-23(16-20-30)27(34)29-17-14-21-9-3-1-4-10-21/h1-13,18,23,25H,14-17,19-20H2,(H,29,34)/t25-/m1/s1. The molecule has 0 spiro atoms. The summed E-state index contributed by atoms with van der Waals surface area (Å²) in [6.45, 7) is 1.28. The Balaban J connectivity index is 1.40. The molecule has 0 aliphatic carbocycles. The molecule has 1 atom stereocenters. The lowest BCUT2D eigenvalue weighted by Gasteiger charge is -2.33. The van der Waals surface area contributed by atoms with E-state index in [2.05, 4.69) is 5.32 Å². The molecule has 35 heavy (non-hydrogen) atoms. The van der Waals surface area contributed by atoms with Crippen LogP contribution in [0.1, 0.15) is 34.8 Å². The van der Waals surface area contributed by atoms with Crippen molar-refractivity contribution in [3.63, 3.8) is 0 Å². The van der Waals surface area contributed by atoms with Gasteiger partial charge in [-0.1, -0.05) is 66.7 Å². The van der Waals surface area contributed by atoms with E-state index in [4.69, 9.17) is 0 Å². The molecule has 7 nitrogen and oxygen atoms in total. The number of carbonyl (C=O) groups excluding carboxylic acids is 3. The van der Waals surface area contributed by atoms with E-state index in [0.717, 1.165) is 6.42 Å². The van der Waals surface area contributed by atoms with Crippen molar-refractivity contribution in [1.29, 1.82) is 0 Å². The van der Waals surface area contributed by atoms with E-state index in [1.165, 1.54) is 22.4 Å². The molecule has 2 heterocycles. The molecule has 1 N–H and O–H groups in total. The molecule has 3 aromatic rings. The highest BCUT2D eigenvalue weighted by molar-refractivity contribution is 6.11. The van der Waals surface area contributed by atoms with E-state index < -0.39 is 23.3 Å². The molecule has 2 aromatic carbocycles. The molecule has 1 fully saturated rings. The molecule has 180 valence electrons. The number of Topliss-reactive ketones (excluding diaryl/α,β-unsaturated/α-hetero) is 1. The molecular formula is C28H29N3O4. The Morgan fingerprint density at radius 1 is 0.857 bits per heavy atom. The molecular weight excluding hydrogens is 442 g/mol. The molecule has 1 aromatic heterocycles. The summed E-state index contributed by atoms with van der Waals surface area (Å²) in [5.41, 5.74) is 1.12. The smallest absolute Gasteiger partial charge is 0.253 e. The lowest BCUT2D eigenvalue weighted by atomic mass is 9.94. The average molecular weight is 472 g/mol. The van der Waals surface area contributed by atoms with Crippen molar-refractivity contribution >= 4 is 17.6 Å². The Kier molecular flexibility index (Phi) is 7.88. The number of hydrogen-bond donors (Lipinski definition) is 1. The van der Waals surface area contributed by atoms with Gasteiger partial charge < -0.3 is 10.2 Å². The number of likely N-dealkylation sites (tertiary alicyclic amines) is 1. The predicted molar refractivity (Wildman–Crippen MR) is 133 cm³/mol. The third-order valence-corrected chi connectivity index (χ3v) is 6.40. The second-order valence-electron chi connectivity index (χ2n) is 8.71. The Labute approximate surface area is 204 Å². The van der Waals surface area contributed by atoms with Gasteiger partial charge in [0.25, 0.3) is 11.5 Å². The molecule has 1 aliphatic heterocycles. The summed E-state index contributed by atoms with van der Waals surface area (Å²) >= 11 is 0.